The van der Waals surface area contributed by atoms with Crippen molar-refractivity contribution < 1.29 is 17.7 Å². The molecule has 1 saturated heterocycles. The van der Waals surface area contributed by atoms with Gasteiger partial charge >= 0.3 is 0 Å². The number of nitrogens with zero attached hydrogens (tertiary/aromatic N) is 4. The van der Waals surface area contributed by atoms with E-state index < -0.39 is 10.0 Å². The Morgan fingerprint density at radius 2 is 2.17 bits per heavy atom. The molecule has 1 amide bonds. The number of rotatable bonds is 8. The second-order valence-electron chi connectivity index (χ2n) is 7.64. The Morgan fingerprint density at radius 3 is 2.83 bits per heavy atom. The lowest BCUT2D eigenvalue weighted by Crippen LogP contribution is -2.20. The number of hydrogen-bond acceptors (Lipinski definition) is 6. The van der Waals surface area contributed by atoms with Crippen LogP contribution in [-0.2, 0) is 21.2 Å². The fourth-order valence-corrected chi connectivity index (χ4v) is 4.20. The molecule has 1 N–H and O–H groups in total. The molecular weight excluding hydrogens is 406 g/mol. The zero-order chi connectivity index (χ0) is 21.7. The van der Waals surface area contributed by atoms with Crippen LogP contribution < -0.4 is 5.32 Å². The van der Waals surface area contributed by atoms with Crippen molar-refractivity contribution in [2.45, 2.75) is 56.8 Å². The van der Waals surface area contributed by atoms with Gasteiger partial charge in [-0.2, -0.15) is 13.4 Å². The highest BCUT2D eigenvalue weighted by Crippen LogP contribution is 2.20. The fourth-order valence-electron chi connectivity index (χ4n) is 3.06. The van der Waals surface area contributed by atoms with Crippen LogP contribution in [0.25, 0.3) is 0 Å². The molecule has 3 rings (SSSR count). The topological polar surface area (TPSA) is 118 Å². The van der Waals surface area contributed by atoms with Gasteiger partial charge in [-0.1, -0.05) is 25.1 Å². The molecule has 0 radical (unpaired) electrons. The third-order valence-corrected chi connectivity index (χ3v) is 6.07. The Hall–Kier alpha value is -2.75. The molecule has 9 nitrogen and oxygen atoms in total. The van der Waals surface area contributed by atoms with Crippen LogP contribution in [0.3, 0.4) is 0 Å². The van der Waals surface area contributed by atoms with Crippen LogP contribution in [0.4, 0.5) is 5.69 Å². The highest BCUT2D eigenvalue weighted by Gasteiger charge is 2.20. The van der Waals surface area contributed by atoms with E-state index in [1.165, 1.54) is 12.1 Å². The number of benzene rings is 1. The number of likely N-dealkylation sites (tertiary alicyclic amines) is 1. The van der Waals surface area contributed by atoms with Crippen molar-refractivity contribution in [3.63, 3.8) is 0 Å². The fraction of sp³-hybridized carbons (Fsp3) is 0.500. The summed E-state index contributed by atoms with van der Waals surface area (Å²) >= 11 is 0. The molecule has 0 saturated carbocycles. The number of amides is 1. The number of hydrogen-bond donors (Lipinski definition) is 1. The SMILES string of the molecule is CC(C)c1noc(CCCC(=O)Nc2cccc(S(=O)(=O)/N=C3/CCCN3C)c2)n1. The number of carbonyl (C=O) groups excluding carboxylic acids is 1. The Morgan fingerprint density at radius 1 is 1.37 bits per heavy atom. The van der Waals surface area contributed by atoms with Gasteiger partial charge < -0.3 is 14.7 Å². The van der Waals surface area contributed by atoms with E-state index in [2.05, 4.69) is 19.9 Å². The second-order valence-corrected chi connectivity index (χ2v) is 9.24. The van der Waals surface area contributed by atoms with Crippen molar-refractivity contribution in [1.82, 2.24) is 15.0 Å². The molecule has 1 aromatic carbocycles. The third-order valence-electron chi connectivity index (χ3n) is 4.77. The molecule has 2 heterocycles. The minimum atomic E-state index is -3.83. The maximum Gasteiger partial charge on any atom is 0.284 e. The van der Waals surface area contributed by atoms with Crippen LogP contribution in [0.5, 0.6) is 0 Å². The van der Waals surface area contributed by atoms with Crippen molar-refractivity contribution in [2.75, 3.05) is 18.9 Å². The van der Waals surface area contributed by atoms with E-state index in [1.807, 2.05) is 25.8 Å². The van der Waals surface area contributed by atoms with E-state index >= 15 is 0 Å². The van der Waals surface area contributed by atoms with Crippen molar-refractivity contribution in [3.05, 3.63) is 36.0 Å². The van der Waals surface area contributed by atoms with Crippen LogP contribution in [0.15, 0.2) is 38.1 Å². The van der Waals surface area contributed by atoms with Crippen molar-refractivity contribution in [1.29, 1.82) is 0 Å². The molecule has 0 aliphatic carbocycles. The van der Waals surface area contributed by atoms with Gasteiger partial charge in [0, 0.05) is 44.5 Å². The average molecular weight is 434 g/mol. The zero-order valence-electron chi connectivity index (χ0n) is 17.5. The Bertz CT molecular complexity index is 1030. The minimum absolute atomic E-state index is 0.0557. The first-order chi connectivity index (χ1) is 14.2. The average Bonchev–Trinajstić information content (AvgIpc) is 3.31. The van der Waals surface area contributed by atoms with Gasteiger partial charge in [0.15, 0.2) is 5.82 Å². The van der Waals surface area contributed by atoms with Gasteiger partial charge in [-0.15, -0.1) is 4.40 Å². The minimum Gasteiger partial charge on any atom is -0.362 e. The van der Waals surface area contributed by atoms with E-state index in [0.29, 0.717) is 42.5 Å². The predicted molar refractivity (Wildman–Crippen MR) is 113 cm³/mol. The van der Waals surface area contributed by atoms with E-state index in [-0.39, 0.29) is 23.1 Å². The Kier molecular flexibility index (Phi) is 6.86. The van der Waals surface area contributed by atoms with Crippen molar-refractivity contribution in [3.8, 4) is 0 Å². The van der Waals surface area contributed by atoms with Crippen LogP contribution >= 0.6 is 0 Å². The first kappa shape index (κ1) is 21.9. The molecule has 0 atom stereocenters. The molecule has 2 aromatic rings. The molecule has 0 spiro atoms. The summed E-state index contributed by atoms with van der Waals surface area (Å²) < 4.78 is 34.3. The first-order valence-corrected chi connectivity index (χ1v) is 11.5. The summed E-state index contributed by atoms with van der Waals surface area (Å²) in [5.74, 6) is 1.70. The molecule has 1 aliphatic heterocycles. The van der Waals surface area contributed by atoms with E-state index in [1.54, 1.807) is 12.1 Å². The van der Waals surface area contributed by atoms with Crippen molar-refractivity contribution >= 4 is 27.5 Å². The molecule has 0 bridgehead atoms. The second kappa shape index (κ2) is 9.38. The van der Waals surface area contributed by atoms with Crippen molar-refractivity contribution in [2.24, 2.45) is 4.40 Å². The van der Waals surface area contributed by atoms with Gasteiger partial charge in [0.05, 0.1) is 4.90 Å². The van der Waals surface area contributed by atoms with Gasteiger partial charge in [0.25, 0.3) is 10.0 Å². The lowest BCUT2D eigenvalue weighted by molar-refractivity contribution is -0.116. The van der Waals surface area contributed by atoms with Gasteiger partial charge in [0.1, 0.15) is 5.84 Å². The zero-order valence-corrected chi connectivity index (χ0v) is 18.3. The number of sulfonamides is 1. The summed E-state index contributed by atoms with van der Waals surface area (Å²) in [6.07, 6.45) is 2.84. The molecule has 10 heteroatoms. The normalized spacial score (nSPS) is 15.9. The molecule has 30 heavy (non-hydrogen) atoms. The number of aromatic nitrogens is 2. The van der Waals surface area contributed by atoms with Gasteiger partial charge in [-0.05, 0) is 31.0 Å². The van der Waals surface area contributed by atoms with E-state index in [4.69, 9.17) is 4.52 Å². The number of nitrogens with one attached hydrogen (secondary N) is 1. The number of amidine groups is 1. The number of anilines is 1. The van der Waals surface area contributed by atoms with E-state index in [0.717, 1.165) is 13.0 Å². The molecule has 1 fully saturated rings. The molecule has 162 valence electrons. The predicted octanol–water partition coefficient (Wildman–Crippen LogP) is 2.97. The van der Waals surface area contributed by atoms with Gasteiger partial charge in [-0.25, -0.2) is 0 Å². The standard InChI is InChI=1S/C20H27N5O4S/c1-14(2)20-22-19(29-23-20)11-5-10-18(26)21-15-7-4-8-16(13-15)30(27,28)24-17-9-6-12-25(17)3/h4,7-8,13-14H,5-6,9-12H2,1-3H3,(H,21,26)/b24-17-. The lowest BCUT2D eigenvalue weighted by atomic mass is 10.2. The summed E-state index contributed by atoms with van der Waals surface area (Å²) in [5.41, 5.74) is 0.418. The Labute approximate surface area is 176 Å². The number of carbonyl (C=O) groups is 1. The van der Waals surface area contributed by atoms with E-state index in [9.17, 15) is 13.2 Å². The highest BCUT2D eigenvalue weighted by atomic mass is 32.2. The summed E-state index contributed by atoms with van der Waals surface area (Å²) in [5, 5.41) is 6.64. The van der Waals surface area contributed by atoms with Crippen LogP contribution in [-0.4, -0.2) is 48.8 Å². The smallest absolute Gasteiger partial charge is 0.284 e. The summed E-state index contributed by atoms with van der Waals surface area (Å²) in [7, 11) is -2.00. The highest BCUT2D eigenvalue weighted by molar-refractivity contribution is 7.90. The quantitative estimate of drug-likeness (QED) is 0.680. The Balaban J connectivity index is 1.57. The van der Waals surface area contributed by atoms with Crippen LogP contribution in [0.1, 0.15) is 57.2 Å². The summed E-state index contributed by atoms with van der Waals surface area (Å²) in [4.78, 5) is 18.4. The molecule has 1 aliphatic rings. The monoisotopic (exact) mass is 433 g/mol. The maximum atomic E-state index is 12.6. The first-order valence-electron chi connectivity index (χ1n) is 10.0. The molecule has 1 aromatic heterocycles. The summed E-state index contributed by atoms with van der Waals surface area (Å²) in [6, 6.07) is 6.15. The van der Waals surface area contributed by atoms with Gasteiger partial charge in [-0.3, -0.25) is 4.79 Å². The van der Waals surface area contributed by atoms with Crippen LogP contribution in [0, 0.1) is 0 Å². The maximum absolute atomic E-state index is 12.6. The van der Waals surface area contributed by atoms with Gasteiger partial charge in [0.2, 0.25) is 11.8 Å². The summed E-state index contributed by atoms with van der Waals surface area (Å²) in [6.45, 7) is 4.76. The number of aryl methyl sites for hydroxylation is 1. The lowest BCUT2D eigenvalue weighted by Gasteiger charge is -2.11. The molecule has 0 unspecified atom stereocenters. The third kappa shape index (κ3) is 5.65. The molecular formula is C20H27N5O4S. The van der Waals surface area contributed by atoms with Crippen LogP contribution in [0.2, 0.25) is 0 Å². The largest absolute Gasteiger partial charge is 0.362 e.